The van der Waals surface area contributed by atoms with Gasteiger partial charge in [0.2, 0.25) is 5.91 Å². The number of hydrogen-bond donors (Lipinski definition) is 1. The summed E-state index contributed by atoms with van der Waals surface area (Å²) in [6.07, 6.45) is 1.72. The van der Waals surface area contributed by atoms with Crippen LogP contribution in [-0.4, -0.2) is 15.7 Å². The molecule has 1 heterocycles. The zero-order chi connectivity index (χ0) is 14.0. The molecule has 1 N–H and O–H groups in total. The summed E-state index contributed by atoms with van der Waals surface area (Å²) < 4.78 is 0.856. The second-order valence-corrected chi connectivity index (χ2v) is 6.98. The lowest BCUT2D eigenvalue weighted by Gasteiger charge is -2.06. The highest BCUT2D eigenvalue weighted by Gasteiger charge is 2.16. The standard InChI is InChI=1S/C12H11BrCl2N2OS/c1-2-3-7(13)11(18)17-12-16-10-8(15)4-6(14)5-9(10)19-12/h4-5,7H,2-3H2,1H3,(H,16,17,18). The summed E-state index contributed by atoms with van der Waals surface area (Å²) in [7, 11) is 0. The number of thiazole rings is 1. The number of fused-ring (bicyclic) bond motifs is 1. The molecule has 1 unspecified atom stereocenters. The van der Waals surface area contributed by atoms with Crippen LogP contribution in [0.1, 0.15) is 19.8 Å². The lowest BCUT2D eigenvalue weighted by atomic mass is 10.2. The first kappa shape index (κ1) is 15.0. The number of carbonyl (C=O) groups is 1. The molecule has 0 fully saturated rings. The molecule has 0 aliphatic rings. The number of carbonyl (C=O) groups excluding carboxylic acids is 1. The third-order valence-corrected chi connectivity index (χ3v) is 4.77. The summed E-state index contributed by atoms with van der Waals surface area (Å²) in [4.78, 5) is 16.0. The molecular weight excluding hydrogens is 371 g/mol. The van der Waals surface area contributed by atoms with Crippen molar-refractivity contribution < 1.29 is 4.79 Å². The number of benzene rings is 1. The molecule has 2 rings (SSSR count). The van der Waals surface area contributed by atoms with Gasteiger partial charge in [-0.2, -0.15) is 0 Å². The van der Waals surface area contributed by atoms with Gasteiger partial charge in [-0.15, -0.1) is 0 Å². The largest absolute Gasteiger partial charge is 0.301 e. The molecule has 1 aromatic carbocycles. The van der Waals surface area contributed by atoms with Crippen LogP contribution in [0.25, 0.3) is 10.2 Å². The fourth-order valence-corrected chi connectivity index (χ4v) is 3.74. The molecule has 0 spiro atoms. The van der Waals surface area contributed by atoms with E-state index in [9.17, 15) is 4.79 Å². The highest BCUT2D eigenvalue weighted by molar-refractivity contribution is 9.10. The van der Waals surface area contributed by atoms with Crippen LogP contribution in [0.5, 0.6) is 0 Å². The van der Waals surface area contributed by atoms with Gasteiger partial charge in [0, 0.05) is 5.02 Å². The van der Waals surface area contributed by atoms with Crippen LogP contribution in [0, 0.1) is 0 Å². The Balaban J connectivity index is 2.22. The summed E-state index contributed by atoms with van der Waals surface area (Å²) in [6.45, 7) is 2.03. The molecule has 7 heteroatoms. The summed E-state index contributed by atoms with van der Waals surface area (Å²) in [5, 5.41) is 4.36. The molecule has 1 amide bonds. The van der Waals surface area contributed by atoms with Gasteiger partial charge in [-0.3, -0.25) is 4.79 Å². The first-order valence-electron chi connectivity index (χ1n) is 5.71. The van der Waals surface area contributed by atoms with E-state index in [2.05, 4.69) is 26.2 Å². The molecule has 102 valence electrons. The van der Waals surface area contributed by atoms with Crippen molar-refractivity contribution in [3.8, 4) is 0 Å². The lowest BCUT2D eigenvalue weighted by molar-refractivity contribution is -0.115. The van der Waals surface area contributed by atoms with E-state index in [4.69, 9.17) is 23.2 Å². The second-order valence-electron chi connectivity index (χ2n) is 4.00. The van der Waals surface area contributed by atoms with E-state index in [-0.39, 0.29) is 10.7 Å². The maximum Gasteiger partial charge on any atom is 0.239 e. The number of halogens is 3. The van der Waals surface area contributed by atoms with Gasteiger partial charge in [0.1, 0.15) is 5.52 Å². The summed E-state index contributed by atoms with van der Waals surface area (Å²) in [5.74, 6) is -0.0943. The molecule has 2 aromatic rings. The molecule has 0 aliphatic carbocycles. The smallest absolute Gasteiger partial charge is 0.239 e. The zero-order valence-electron chi connectivity index (χ0n) is 10.0. The SMILES string of the molecule is CCCC(Br)C(=O)Nc1nc2c(Cl)cc(Cl)cc2s1. The number of amides is 1. The van der Waals surface area contributed by atoms with E-state index in [1.807, 2.05) is 6.92 Å². The molecule has 0 bridgehead atoms. The minimum Gasteiger partial charge on any atom is -0.301 e. The van der Waals surface area contributed by atoms with Crippen LogP contribution in [0.4, 0.5) is 5.13 Å². The average Bonchev–Trinajstić information content (AvgIpc) is 2.72. The summed E-state index contributed by atoms with van der Waals surface area (Å²) in [6, 6.07) is 3.43. The predicted molar refractivity (Wildman–Crippen MR) is 85.9 cm³/mol. The number of hydrogen-bond acceptors (Lipinski definition) is 3. The zero-order valence-corrected chi connectivity index (χ0v) is 14.0. The maximum atomic E-state index is 11.9. The molecule has 1 atom stereocenters. The quantitative estimate of drug-likeness (QED) is 0.748. The molecule has 0 radical (unpaired) electrons. The monoisotopic (exact) mass is 380 g/mol. The van der Waals surface area contributed by atoms with Gasteiger partial charge in [0.05, 0.1) is 14.5 Å². The Bertz CT molecular complexity index is 617. The Kier molecular flexibility index (Phi) is 5.06. The third kappa shape index (κ3) is 3.60. The summed E-state index contributed by atoms with van der Waals surface area (Å²) >= 11 is 16.7. The number of nitrogens with zero attached hydrogens (tertiary/aromatic N) is 1. The molecule has 3 nitrogen and oxygen atoms in total. The molecule has 19 heavy (non-hydrogen) atoms. The minimum absolute atomic E-state index is 0.0943. The van der Waals surface area contributed by atoms with Crippen LogP contribution >= 0.6 is 50.5 Å². The van der Waals surface area contributed by atoms with Crippen LogP contribution < -0.4 is 5.32 Å². The van der Waals surface area contributed by atoms with Gasteiger partial charge in [-0.1, -0.05) is 63.8 Å². The number of rotatable bonds is 4. The van der Waals surface area contributed by atoms with Crippen molar-refractivity contribution in [1.29, 1.82) is 0 Å². The highest BCUT2D eigenvalue weighted by atomic mass is 79.9. The fraction of sp³-hybridized carbons (Fsp3) is 0.333. The van der Waals surface area contributed by atoms with E-state index in [0.717, 1.165) is 17.5 Å². The molecule has 0 saturated carbocycles. The number of aromatic nitrogens is 1. The lowest BCUT2D eigenvalue weighted by Crippen LogP contribution is -2.22. The second kappa shape index (κ2) is 6.39. The van der Waals surface area contributed by atoms with Crippen molar-refractivity contribution in [2.24, 2.45) is 0 Å². The Labute approximate surface area is 133 Å². The van der Waals surface area contributed by atoms with E-state index in [1.165, 1.54) is 11.3 Å². The fourth-order valence-electron chi connectivity index (χ4n) is 1.58. The van der Waals surface area contributed by atoms with Crippen LogP contribution in [0.2, 0.25) is 10.0 Å². The van der Waals surface area contributed by atoms with Gasteiger partial charge < -0.3 is 5.32 Å². The van der Waals surface area contributed by atoms with Gasteiger partial charge in [0.15, 0.2) is 5.13 Å². The number of anilines is 1. The van der Waals surface area contributed by atoms with Gasteiger partial charge in [-0.05, 0) is 18.6 Å². The van der Waals surface area contributed by atoms with Gasteiger partial charge >= 0.3 is 0 Å². The molecule has 0 aliphatic heterocycles. The van der Waals surface area contributed by atoms with Gasteiger partial charge in [0.25, 0.3) is 0 Å². The van der Waals surface area contributed by atoms with Crippen molar-refractivity contribution in [3.63, 3.8) is 0 Å². The van der Waals surface area contributed by atoms with Crippen LogP contribution in [0.3, 0.4) is 0 Å². The molecule has 0 saturated heterocycles. The maximum absolute atomic E-state index is 11.9. The number of alkyl halides is 1. The average molecular weight is 382 g/mol. The van der Waals surface area contributed by atoms with Crippen LogP contribution in [0.15, 0.2) is 12.1 Å². The molecular formula is C12H11BrCl2N2OS. The minimum atomic E-state index is -0.205. The Morgan fingerprint density at radius 2 is 2.26 bits per heavy atom. The highest BCUT2D eigenvalue weighted by Crippen LogP contribution is 2.33. The van der Waals surface area contributed by atoms with Crippen molar-refractivity contribution in [3.05, 3.63) is 22.2 Å². The first-order chi connectivity index (χ1) is 9.01. The van der Waals surface area contributed by atoms with E-state index in [1.54, 1.807) is 12.1 Å². The Hall–Kier alpha value is -0.360. The number of nitrogens with one attached hydrogen (secondary N) is 1. The van der Waals surface area contributed by atoms with E-state index in [0.29, 0.717) is 20.7 Å². The first-order valence-corrected chi connectivity index (χ1v) is 8.20. The van der Waals surface area contributed by atoms with Crippen molar-refractivity contribution in [2.45, 2.75) is 24.6 Å². The Morgan fingerprint density at radius 3 is 2.95 bits per heavy atom. The molecule has 1 aromatic heterocycles. The van der Waals surface area contributed by atoms with Crippen molar-refractivity contribution in [2.75, 3.05) is 5.32 Å². The van der Waals surface area contributed by atoms with Crippen molar-refractivity contribution in [1.82, 2.24) is 4.98 Å². The predicted octanol–water partition coefficient (Wildman–Crippen LogP) is 5.11. The summed E-state index contributed by atoms with van der Waals surface area (Å²) in [5.41, 5.74) is 0.660. The normalized spacial score (nSPS) is 12.6. The topological polar surface area (TPSA) is 42.0 Å². The Morgan fingerprint density at radius 1 is 1.53 bits per heavy atom. The van der Waals surface area contributed by atoms with Crippen LogP contribution in [-0.2, 0) is 4.79 Å². The van der Waals surface area contributed by atoms with E-state index >= 15 is 0 Å². The van der Waals surface area contributed by atoms with Crippen molar-refractivity contribution >= 4 is 71.7 Å². The van der Waals surface area contributed by atoms with E-state index < -0.39 is 0 Å². The third-order valence-electron chi connectivity index (χ3n) is 2.47. The van der Waals surface area contributed by atoms with Gasteiger partial charge in [-0.25, -0.2) is 4.98 Å².